The molecule has 1 nitrogen and oxygen atoms in total. The van der Waals surface area contributed by atoms with Gasteiger partial charge in [0.25, 0.3) is 0 Å². The number of benzene rings is 1. The molecule has 1 rings (SSSR count). The largest absolute Gasteiger partial charge is 0.507 e. The summed E-state index contributed by atoms with van der Waals surface area (Å²) in [4.78, 5) is 0. The molecule has 1 aromatic rings. The van der Waals surface area contributed by atoms with Crippen molar-refractivity contribution in [3.8, 4) is 5.75 Å². The van der Waals surface area contributed by atoms with E-state index >= 15 is 0 Å². The third kappa shape index (κ3) is 2.85. The monoisotopic (exact) mass is 204 g/mol. The predicted molar refractivity (Wildman–Crippen MR) is 65.3 cm³/mol. The highest BCUT2D eigenvalue weighted by molar-refractivity contribution is 5.44. The molecule has 0 aliphatic heterocycles. The average molecular weight is 204 g/mol. The van der Waals surface area contributed by atoms with Crippen molar-refractivity contribution in [1.82, 2.24) is 0 Å². The summed E-state index contributed by atoms with van der Waals surface area (Å²) in [5.74, 6) is 0.451. The lowest BCUT2D eigenvalue weighted by atomic mass is 9.85. The van der Waals surface area contributed by atoms with E-state index in [2.05, 4.69) is 27.4 Å². The molecule has 0 spiro atoms. The van der Waals surface area contributed by atoms with Gasteiger partial charge in [-0.25, -0.2) is 0 Å². The Labute approximate surface area is 92.5 Å². The van der Waals surface area contributed by atoms with Gasteiger partial charge in [0.1, 0.15) is 5.75 Å². The molecular weight excluding hydrogens is 184 g/mol. The first-order chi connectivity index (χ1) is 6.96. The van der Waals surface area contributed by atoms with Crippen LogP contribution in [0.3, 0.4) is 0 Å². The Morgan fingerprint density at radius 2 is 2.00 bits per heavy atom. The number of phenolic OH excluding ortho intramolecular Hbond substituents is 1. The third-order valence-electron chi connectivity index (χ3n) is 2.55. The first-order valence-corrected chi connectivity index (χ1v) is 5.39. The van der Waals surface area contributed by atoms with Gasteiger partial charge in [0, 0.05) is 0 Å². The molecular formula is C14H20O. The third-order valence-corrected chi connectivity index (χ3v) is 2.55. The Morgan fingerprint density at radius 1 is 1.33 bits per heavy atom. The van der Waals surface area contributed by atoms with Crippen LogP contribution in [0.2, 0.25) is 0 Å². The van der Waals surface area contributed by atoms with Crippen molar-refractivity contribution in [2.45, 2.75) is 39.0 Å². The number of rotatable bonds is 3. The normalized spacial score (nSPS) is 11.4. The second-order valence-electron chi connectivity index (χ2n) is 4.89. The summed E-state index contributed by atoms with van der Waals surface area (Å²) in [7, 11) is 0. The van der Waals surface area contributed by atoms with Gasteiger partial charge in [0.2, 0.25) is 0 Å². The number of aryl methyl sites for hydroxylation is 1. The molecule has 82 valence electrons. The lowest BCUT2D eigenvalue weighted by Gasteiger charge is -2.21. The van der Waals surface area contributed by atoms with Gasteiger partial charge in [-0.3, -0.25) is 0 Å². The Morgan fingerprint density at radius 3 is 2.53 bits per heavy atom. The van der Waals surface area contributed by atoms with Gasteiger partial charge in [0.05, 0.1) is 0 Å². The minimum atomic E-state index is -0.00568. The van der Waals surface area contributed by atoms with Crippen LogP contribution in [0.4, 0.5) is 0 Å². The topological polar surface area (TPSA) is 20.2 Å². The summed E-state index contributed by atoms with van der Waals surface area (Å²) < 4.78 is 0. The molecule has 0 radical (unpaired) electrons. The summed E-state index contributed by atoms with van der Waals surface area (Å²) in [6.45, 7) is 10.0. The van der Waals surface area contributed by atoms with Crippen LogP contribution in [0.25, 0.3) is 0 Å². The van der Waals surface area contributed by atoms with Gasteiger partial charge in [-0.05, 0) is 29.4 Å². The summed E-state index contributed by atoms with van der Waals surface area (Å²) >= 11 is 0. The van der Waals surface area contributed by atoms with Crippen molar-refractivity contribution in [2.75, 3.05) is 0 Å². The Balaban J connectivity index is 3.06. The van der Waals surface area contributed by atoms with Crippen molar-refractivity contribution in [3.63, 3.8) is 0 Å². The Kier molecular flexibility index (Phi) is 3.57. The lowest BCUT2D eigenvalue weighted by molar-refractivity contribution is 0.440. The van der Waals surface area contributed by atoms with E-state index < -0.39 is 0 Å². The molecule has 0 saturated carbocycles. The molecule has 1 aromatic carbocycles. The maximum absolute atomic E-state index is 10.1. The van der Waals surface area contributed by atoms with E-state index in [-0.39, 0.29) is 5.41 Å². The van der Waals surface area contributed by atoms with Crippen LogP contribution in [0.15, 0.2) is 30.9 Å². The smallest absolute Gasteiger partial charge is 0.122 e. The van der Waals surface area contributed by atoms with E-state index in [4.69, 9.17) is 0 Å². The first kappa shape index (κ1) is 11.8. The van der Waals surface area contributed by atoms with Crippen LogP contribution in [-0.2, 0) is 11.8 Å². The molecule has 0 aliphatic rings. The zero-order valence-electron chi connectivity index (χ0n) is 9.88. The molecule has 0 fully saturated rings. The molecule has 0 amide bonds. The quantitative estimate of drug-likeness (QED) is 0.742. The molecule has 0 heterocycles. The van der Waals surface area contributed by atoms with E-state index in [1.807, 2.05) is 24.3 Å². The predicted octanol–water partition coefficient (Wildman–Crippen LogP) is 3.81. The number of allylic oxidation sites excluding steroid dienone is 1. The minimum absolute atomic E-state index is 0.00568. The first-order valence-electron chi connectivity index (χ1n) is 5.39. The van der Waals surface area contributed by atoms with Crippen LogP contribution in [-0.4, -0.2) is 5.11 Å². The second-order valence-corrected chi connectivity index (χ2v) is 4.89. The summed E-state index contributed by atoms with van der Waals surface area (Å²) in [5.41, 5.74) is 2.03. The molecule has 0 bridgehead atoms. The molecule has 0 aliphatic carbocycles. The fourth-order valence-corrected chi connectivity index (χ4v) is 1.66. The maximum atomic E-state index is 10.1. The van der Waals surface area contributed by atoms with Gasteiger partial charge in [0.15, 0.2) is 0 Å². The fraction of sp³-hybridized carbons (Fsp3) is 0.429. The maximum Gasteiger partial charge on any atom is 0.122 e. The van der Waals surface area contributed by atoms with Crippen molar-refractivity contribution < 1.29 is 5.11 Å². The Hall–Kier alpha value is -1.24. The molecule has 0 atom stereocenters. The van der Waals surface area contributed by atoms with Crippen molar-refractivity contribution in [3.05, 3.63) is 42.0 Å². The number of phenols is 1. The van der Waals surface area contributed by atoms with Gasteiger partial charge in [-0.2, -0.15) is 0 Å². The molecule has 1 N–H and O–H groups in total. The van der Waals surface area contributed by atoms with E-state index in [1.165, 1.54) is 0 Å². The lowest BCUT2D eigenvalue weighted by Crippen LogP contribution is -2.11. The number of aromatic hydroxyl groups is 1. The van der Waals surface area contributed by atoms with Crippen molar-refractivity contribution >= 4 is 0 Å². The molecule has 15 heavy (non-hydrogen) atoms. The SMILES string of the molecule is C=CCCc1cccc(C(C)(C)C)c1O. The highest BCUT2D eigenvalue weighted by Gasteiger charge is 2.19. The van der Waals surface area contributed by atoms with Crippen LogP contribution in [0, 0.1) is 0 Å². The van der Waals surface area contributed by atoms with Crippen LogP contribution in [0.1, 0.15) is 38.3 Å². The number of para-hydroxylation sites is 1. The zero-order chi connectivity index (χ0) is 11.5. The van der Waals surface area contributed by atoms with Crippen LogP contribution >= 0.6 is 0 Å². The number of hydrogen-bond acceptors (Lipinski definition) is 1. The van der Waals surface area contributed by atoms with Crippen molar-refractivity contribution in [2.24, 2.45) is 0 Å². The van der Waals surface area contributed by atoms with Gasteiger partial charge < -0.3 is 5.11 Å². The molecule has 0 saturated heterocycles. The zero-order valence-corrected chi connectivity index (χ0v) is 9.88. The highest BCUT2D eigenvalue weighted by atomic mass is 16.3. The van der Waals surface area contributed by atoms with Crippen molar-refractivity contribution in [1.29, 1.82) is 0 Å². The van der Waals surface area contributed by atoms with E-state index in [1.54, 1.807) is 0 Å². The molecule has 0 unspecified atom stereocenters. The van der Waals surface area contributed by atoms with Gasteiger partial charge in [-0.15, -0.1) is 6.58 Å². The molecule has 1 heteroatoms. The average Bonchev–Trinajstić information content (AvgIpc) is 2.14. The highest BCUT2D eigenvalue weighted by Crippen LogP contribution is 2.33. The van der Waals surface area contributed by atoms with Crippen LogP contribution in [0.5, 0.6) is 5.75 Å². The van der Waals surface area contributed by atoms with E-state index in [9.17, 15) is 5.11 Å². The fourth-order valence-electron chi connectivity index (χ4n) is 1.66. The standard InChI is InChI=1S/C14H20O/c1-5-6-8-11-9-7-10-12(13(11)15)14(2,3)4/h5,7,9-10,15H,1,6,8H2,2-4H3. The summed E-state index contributed by atoms with van der Waals surface area (Å²) in [6, 6.07) is 5.99. The van der Waals surface area contributed by atoms with Crippen LogP contribution < -0.4 is 0 Å². The minimum Gasteiger partial charge on any atom is -0.507 e. The molecule has 0 aromatic heterocycles. The van der Waals surface area contributed by atoms with Gasteiger partial charge in [-0.1, -0.05) is 45.0 Å². The number of hydrogen-bond donors (Lipinski definition) is 1. The van der Waals surface area contributed by atoms with E-state index in [0.717, 1.165) is 24.0 Å². The summed E-state index contributed by atoms with van der Waals surface area (Å²) in [6.07, 6.45) is 3.64. The van der Waals surface area contributed by atoms with E-state index in [0.29, 0.717) is 5.75 Å². The van der Waals surface area contributed by atoms with Gasteiger partial charge >= 0.3 is 0 Å². The summed E-state index contributed by atoms with van der Waals surface area (Å²) in [5, 5.41) is 10.1. The second kappa shape index (κ2) is 4.52. The Bertz CT molecular complexity index is 345.